The average molecular weight is 452 g/mol. The maximum absolute atomic E-state index is 12.7. The molecule has 1 atom stereocenters. The van der Waals surface area contributed by atoms with Crippen molar-refractivity contribution >= 4 is 36.4 Å². The first-order valence-electron chi connectivity index (χ1n) is 9.67. The first-order chi connectivity index (χ1) is 13.7. The molecular weight excluding hydrogens is 425 g/mol. The lowest BCUT2D eigenvalue weighted by molar-refractivity contribution is 0.102. The smallest absolute Gasteiger partial charge is 0.277 e. The minimum absolute atomic E-state index is 0. The molecule has 162 valence electrons. The monoisotopic (exact) mass is 451 g/mol. The maximum Gasteiger partial charge on any atom is 0.277 e. The fraction of sp³-hybridized carbons (Fsp3) is 0.400. The third kappa shape index (κ3) is 5.81. The van der Waals surface area contributed by atoms with Crippen LogP contribution in [0.4, 0.5) is 5.69 Å². The predicted molar refractivity (Wildman–Crippen MR) is 121 cm³/mol. The molecule has 1 aliphatic heterocycles. The first kappa shape index (κ1) is 23.9. The number of halogens is 2. The van der Waals surface area contributed by atoms with E-state index in [9.17, 15) is 4.79 Å². The summed E-state index contributed by atoms with van der Waals surface area (Å²) in [5, 5.41) is 14.6. The summed E-state index contributed by atoms with van der Waals surface area (Å²) in [5.41, 5.74) is 2.11. The van der Waals surface area contributed by atoms with E-state index >= 15 is 0 Å². The Bertz CT molecular complexity index is 950. The molecule has 3 aromatic rings. The van der Waals surface area contributed by atoms with Gasteiger partial charge in [0.1, 0.15) is 5.82 Å². The van der Waals surface area contributed by atoms with Crippen molar-refractivity contribution in [2.45, 2.75) is 32.9 Å². The molecule has 0 aliphatic carbocycles. The number of piperidine rings is 1. The SMILES string of the molecule is Cc1nccn1Cc1ccccc1NC(=O)c1cn(CC2CCCNC2)nn1.Cl.Cl. The molecule has 0 saturated carbocycles. The predicted octanol–water partition coefficient (Wildman–Crippen LogP) is 2.93. The number of carbonyl (C=O) groups excluding carboxylic acids is 1. The Morgan fingerprint density at radius 2 is 2.13 bits per heavy atom. The van der Waals surface area contributed by atoms with E-state index in [1.54, 1.807) is 17.1 Å². The molecule has 1 saturated heterocycles. The van der Waals surface area contributed by atoms with Gasteiger partial charge in [-0.1, -0.05) is 23.4 Å². The van der Waals surface area contributed by atoms with Crippen molar-refractivity contribution in [1.82, 2.24) is 29.9 Å². The molecule has 1 amide bonds. The van der Waals surface area contributed by atoms with E-state index in [0.29, 0.717) is 18.2 Å². The molecule has 1 fully saturated rings. The van der Waals surface area contributed by atoms with Crippen LogP contribution in [0.25, 0.3) is 0 Å². The highest BCUT2D eigenvalue weighted by molar-refractivity contribution is 6.03. The normalized spacial score (nSPS) is 15.7. The highest BCUT2D eigenvalue weighted by atomic mass is 35.5. The lowest BCUT2D eigenvalue weighted by Gasteiger charge is -2.22. The van der Waals surface area contributed by atoms with E-state index in [-0.39, 0.29) is 30.7 Å². The summed E-state index contributed by atoms with van der Waals surface area (Å²) in [5.74, 6) is 1.22. The van der Waals surface area contributed by atoms with Crippen LogP contribution < -0.4 is 10.6 Å². The van der Waals surface area contributed by atoms with Gasteiger partial charge in [-0.25, -0.2) is 4.98 Å². The van der Waals surface area contributed by atoms with Crippen LogP contribution in [0.1, 0.15) is 34.7 Å². The van der Waals surface area contributed by atoms with Gasteiger partial charge in [0, 0.05) is 24.6 Å². The van der Waals surface area contributed by atoms with Gasteiger partial charge in [0.25, 0.3) is 5.91 Å². The molecule has 2 aromatic heterocycles. The van der Waals surface area contributed by atoms with Crippen LogP contribution in [-0.4, -0.2) is 43.5 Å². The number of benzene rings is 1. The van der Waals surface area contributed by atoms with Gasteiger partial charge in [-0.15, -0.1) is 29.9 Å². The quantitative estimate of drug-likeness (QED) is 0.601. The van der Waals surface area contributed by atoms with Gasteiger partial charge in [-0.2, -0.15) is 0 Å². The van der Waals surface area contributed by atoms with Crippen LogP contribution in [0.3, 0.4) is 0 Å². The highest BCUT2D eigenvalue weighted by Crippen LogP contribution is 2.18. The Morgan fingerprint density at radius 3 is 2.87 bits per heavy atom. The number of para-hydroxylation sites is 1. The number of anilines is 1. The average Bonchev–Trinajstić information content (AvgIpc) is 3.33. The largest absolute Gasteiger partial charge is 0.331 e. The third-order valence-corrected chi connectivity index (χ3v) is 5.15. The van der Waals surface area contributed by atoms with E-state index in [1.165, 1.54) is 12.8 Å². The second kappa shape index (κ2) is 11.1. The lowest BCUT2D eigenvalue weighted by atomic mass is 10.00. The van der Waals surface area contributed by atoms with Gasteiger partial charge >= 0.3 is 0 Å². The van der Waals surface area contributed by atoms with Crippen LogP contribution in [0.5, 0.6) is 0 Å². The number of aryl methyl sites for hydroxylation is 1. The molecule has 8 nitrogen and oxygen atoms in total. The molecule has 0 radical (unpaired) electrons. The summed E-state index contributed by atoms with van der Waals surface area (Å²) < 4.78 is 3.81. The number of amides is 1. The topological polar surface area (TPSA) is 89.7 Å². The van der Waals surface area contributed by atoms with Crippen LogP contribution >= 0.6 is 24.8 Å². The van der Waals surface area contributed by atoms with Gasteiger partial charge in [0.2, 0.25) is 0 Å². The van der Waals surface area contributed by atoms with Crippen molar-refractivity contribution in [3.05, 3.63) is 59.9 Å². The van der Waals surface area contributed by atoms with Crippen LogP contribution in [-0.2, 0) is 13.1 Å². The molecule has 4 rings (SSSR count). The Labute approximate surface area is 188 Å². The second-order valence-electron chi connectivity index (χ2n) is 7.25. The van der Waals surface area contributed by atoms with Gasteiger partial charge in [0.05, 0.1) is 12.7 Å². The lowest BCUT2D eigenvalue weighted by Crippen LogP contribution is -2.32. The molecule has 10 heteroatoms. The summed E-state index contributed by atoms with van der Waals surface area (Å²) in [6, 6.07) is 7.78. The number of aromatic nitrogens is 5. The number of imidazole rings is 1. The van der Waals surface area contributed by atoms with E-state index in [4.69, 9.17) is 0 Å². The van der Waals surface area contributed by atoms with Crippen molar-refractivity contribution in [2.75, 3.05) is 18.4 Å². The highest BCUT2D eigenvalue weighted by Gasteiger charge is 2.17. The van der Waals surface area contributed by atoms with Crippen molar-refractivity contribution in [1.29, 1.82) is 0 Å². The molecule has 1 unspecified atom stereocenters. The Kier molecular flexibility index (Phi) is 8.83. The van der Waals surface area contributed by atoms with Crippen molar-refractivity contribution in [3.8, 4) is 0 Å². The summed E-state index contributed by atoms with van der Waals surface area (Å²) in [6.07, 6.45) is 7.79. The molecule has 1 aromatic carbocycles. The minimum atomic E-state index is -0.247. The maximum atomic E-state index is 12.7. The zero-order valence-electron chi connectivity index (χ0n) is 16.8. The number of nitrogens with one attached hydrogen (secondary N) is 2. The van der Waals surface area contributed by atoms with Crippen LogP contribution in [0, 0.1) is 12.8 Å². The Balaban J connectivity index is 0.00000160. The van der Waals surface area contributed by atoms with E-state index in [2.05, 4.69) is 25.9 Å². The summed E-state index contributed by atoms with van der Waals surface area (Å²) in [4.78, 5) is 16.9. The Hall–Kier alpha value is -2.42. The minimum Gasteiger partial charge on any atom is -0.331 e. The number of nitrogens with zero attached hydrogens (tertiary/aromatic N) is 5. The molecule has 30 heavy (non-hydrogen) atoms. The molecule has 0 spiro atoms. The number of rotatable bonds is 6. The fourth-order valence-electron chi connectivity index (χ4n) is 3.56. The zero-order valence-corrected chi connectivity index (χ0v) is 18.5. The fourth-order valence-corrected chi connectivity index (χ4v) is 3.56. The van der Waals surface area contributed by atoms with E-state index in [0.717, 1.165) is 36.7 Å². The van der Waals surface area contributed by atoms with Crippen molar-refractivity contribution in [3.63, 3.8) is 0 Å². The van der Waals surface area contributed by atoms with Crippen molar-refractivity contribution in [2.24, 2.45) is 5.92 Å². The molecule has 0 bridgehead atoms. The number of hydrogen-bond acceptors (Lipinski definition) is 5. The summed E-state index contributed by atoms with van der Waals surface area (Å²) in [7, 11) is 0. The molecule has 1 aliphatic rings. The number of carbonyl (C=O) groups is 1. The number of hydrogen-bond donors (Lipinski definition) is 2. The summed E-state index contributed by atoms with van der Waals surface area (Å²) in [6.45, 7) is 5.46. The summed E-state index contributed by atoms with van der Waals surface area (Å²) >= 11 is 0. The van der Waals surface area contributed by atoms with E-state index in [1.807, 2.05) is 42.0 Å². The van der Waals surface area contributed by atoms with Gasteiger partial charge in [0.15, 0.2) is 5.69 Å². The molecule has 3 heterocycles. The first-order valence-corrected chi connectivity index (χ1v) is 9.67. The van der Waals surface area contributed by atoms with Crippen molar-refractivity contribution < 1.29 is 4.79 Å². The Morgan fingerprint density at radius 1 is 1.30 bits per heavy atom. The van der Waals surface area contributed by atoms with Gasteiger partial charge in [-0.05, 0) is 50.4 Å². The zero-order chi connectivity index (χ0) is 19.3. The van der Waals surface area contributed by atoms with Gasteiger partial charge in [-0.3, -0.25) is 9.48 Å². The third-order valence-electron chi connectivity index (χ3n) is 5.15. The van der Waals surface area contributed by atoms with Gasteiger partial charge < -0.3 is 15.2 Å². The second-order valence-corrected chi connectivity index (χ2v) is 7.25. The standard InChI is InChI=1S/C20H25N7O.2ClH/c1-15-22-9-10-26(15)13-17-6-2-3-7-18(17)23-20(28)19-14-27(25-24-19)12-16-5-4-8-21-11-16;;/h2-3,6-7,9-10,14,16,21H,4-5,8,11-13H2,1H3,(H,23,28);2*1H. The molecule has 2 N–H and O–H groups in total. The van der Waals surface area contributed by atoms with Crippen LogP contribution in [0.15, 0.2) is 42.9 Å². The van der Waals surface area contributed by atoms with E-state index < -0.39 is 0 Å². The molecular formula is C20H27Cl2N7O. The van der Waals surface area contributed by atoms with Crippen LogP contribution in [0.2, 0.25) is 0 Å².